The van der Waals surface area contributed by atoms with E-state index in [0.717, 1.165) is 41.4 Å². The van der Waals surface area contributed by atoms with Crippen LogP contribution in [0.4, 0.5) is 10.2 Å². The van der Waals surface area contributed by atoms with Gasteiger partial charge in [-0.25, -0.2) is 9.37 Å². The van der Waals surface area contributed by atoms with E-state index < -0.39 is 0 Å². The molecule has 0 radical (unpaired) electrons. The van der Waals surface area contributed by atoms with Crippen LogP contribution in [0.5, 0.6) is 0 Å². The summed E-state index contributed by atoms with van der Waals surface area (Å²) in [6.45, 7) is 8.93. The van der Waals surface area contributed by atoms with E-state index in [1.54, 1.807) is 10.6 Å². The van der Waals surface area contributed by atoms with E-state index >= 15 is 0 Å². The van der Waals surface area contributed by atoms with Crippen molar-refractivity contribution in [2.75, 3.05) is 5.32 Å². The number of hydrogen-bond acceptors (Lipinski definition) is 4. The lowest BCUT2D eigenvalue weighted by atomic mass is 10.1. The van der Waals surface area contributed by atoms with Gasteiger partial charge in [0, 0.05) is 18.3 Å². The van der Waals surface area contributed by atoms with Gasteiger partial charge in [-0.3, -0.25) is 0 Å². The zero-order valence-electron chi connectivity index (χ0n) is 15.8. The summed E-state index contributed by atoms with van der Waals surface area (Å²) in [7, 11) is 0. The van der Waals surface area contributed by atoms with Crippen LogP contribution in [-0.4, -0.2) is 19.6 Å². The molecule has 1 aliphatic rings. The fraction of sp³-hybridized carbons (Fsp3) is 0.450. The molecule has 0 saturated heterocycles. The minimum absolute atomic E-state index is 0.0985. The fourth-order valence-electron chi connectivity index (χ4n) is 2.66. The van der Waals surface area contributed by atoms with Crippen LogP contribution in [0.3, 0.4) is 0 Å². The summed E-state index contributed by atoms with van der Waals surface area (Å²) in [5.74, 6) is 2.52. The summed E-state index contributed by atoms with van der Waals surface area (Å²) in [6, 6.07) is 7.41. The molecular formula is C20H26FN5. The molecule has 0 bridgehead atoms. The summed E-state index contributed by atoms with van der Waals surface area (Å²) in [5.41, 5.74) is 2.62. The van der Waals surface area contributed by atoms with Crippen molar-refractivity contribution in [2.45, 2.75) is 53.0 Å². The van der Waals surface area contributed by atoms with Crippen molar-refractivity contribution >= 4 is 11.6 Å². The number of nitrogens with one attached hydrogen (secondary N) is 1. The summed E-state index contributed by atoms with van der Waals surface area (Å²) >= 11 is 0. The molecule has 1 fully saturated rings. The second kappa shape index (κ2) is 7.81. The molecule has 138 valence electrons. The topological polar surface area (TPSA) is 55.1 Å². The van der Waals surface area contributed by atoms with E-state index in [4.69, 9.17) is 0 Å². The van der Waals surface area contributed by atoms with Crippen LogP contribution < -0.4 is 5.32 Å². The van der Waals surface area contributed by atoms with Crippen LogP contribution in [-0.2, 0) is 6.54 Å². The predicted octanol–water partition coefficient (Wildman–Crippen LogP) is 4.72. The molecular weight excluding hydrogens is 329 g/mol. The van der Waals surface area contributed by atoms with Gasteiger partial charge in [-0.1, -0.05) is 32.9 Å². The largest absolute Gasteiger partial charge is 0.366 e. The Labute approximate surface area is 153 Å². The lowest BCUT2D eigenvalue weighted by molar-refractivity contribution is 0.609. The maximum absolute atomic E-state index is 14.1. The van der Waals surface area contributed by atoms with E-state index in [0.29, 0.717) is 18.2 Å². The third-order valence-corrected chi connectivity index (χ3v) is 3.94. The summed E-state index contributed by atoms with van der Waals surface area (Å²) in [4.78, 5) is 8.38. The van der Waals surface area contributed by atoms with Crippen LogP contribution in [0.15, 0.2) is 30.6 Å². The first-order valence-corrected chi connectivity index (χ1v) is 9.13. The number of rotatable bonds is 4. The Morgan fingerprint density at radius 1 is 1.23 bits per heavy atom. The van der Waals surface area contributed by atoms with Crippen LogP contribution in [0, 0.1) is 18.7 Å². The van der Waals surface area contributed by atoms with Gasteiger partial charge in [0.1, 0.15) is 18.0 Å². The fourth-order valence-corrected chi connectivity index (χ4v) is 2.66. The second-order valence-corrected chi connectivity index (χ2v) is 7.47. The summed E-state index contributed by atoms with van der Waals surface area (Å²) in [6.07, 6.45) is 3.68. The number of anilines is 1. The molecule has 0 atom stereocenters. The number of aryl methyl sites for hydroxylation is 1. The summed E-state index contributed by atoms with van der Waals surface area (Å²) < 4.78 is 15.7. The predicted molar refractivity (Wildman–Crippen MR) is 102 cm³/mol. The normalized spacial score (nSPS) is 13.6. The Hall–Kier alpha value is -2.50. The minimum atomic E-state index is -0.0985. The van der Waals surface area contributed by atoms with Crippen molar-refractivity contribution in [3.8, 4) is 0 Å². The zero-order chi connectivity index (χ0) is 18.7. The van der Waals surface area contributed by atoms with Crippen LogP contribution in [0.2, 0.25) is 0 Å². The molecule has 0 aliphatic heterocycles. The first kappa shape index (κ1) is 18.3. The van der Waals surface area contributed by atoms with Crippen molar-refractivity contribution < 1.29 is 4.39 Å². The molecule has 0 spiro atoms. The Morgan fingerprint density at radius 3 is 2.62 bits per heavy atom. The highest BCUT2D eigenvalue weighted by Gasteiger charge is 2.26. The molecule has 0 unspecified atom stereocenters. The van der Waals surface area contributed by atoms with Crippen molar-refractivity contribution in [1.29, 1.82) is 0 Å². The van der Waals surface area contributed by atoms with Crippen molar-refractivity contribution in [3.63, 3.8) is 0 Å². The number of benzene rings is 1. The van der Waals surface area contributed by atoms with E-state index in [2.05, 4.69) is 41.2 Å². The quantitative estimate of drug-likeness (QED) is 0.735. The van der Waals surface area contributed by atoms with E-state index in [9.17, 15) is 4.39 Å². The first-order valence-electron chi connectivity index (χ1n) is 9.13. The lowest BCUT2D eigenvalue weighted by Crippen LogP contribution is -2.07. The Balaban J connectivity index is 0.000000447. The molecule has 2 aromatic heterocycles. The molecule has 1 aliphatic carbocycles. The molecule has 1 N–H and O–H groups in total. The van der Waals surface area contributed by atoms with Gasteiger partial charge >= 0.3 is 0 Å². The highest BCUT2D eigenvalue weighted by Crippen LogP contribution is 2.41. The standard InChI is InChI=1S/C16H16FN5.C4H10/c1-10-6-15(22-16(21-10)19-9-20-22)18-8-11-2-5-13(12-3-4-12)14(17)7-11;1-4(2)3/h2,5-7,9,12,18H,3-4,8H2,1H3;4H,1-3H3. The Bertz CT molecular complexity index is 880. The maximum Gasteiger partial charge on any atom is 0.254 e. The Kier molecular flexibility index (Phi) is 5.49. The van der Waals surface area contributed by atoms with Gasteiger partial charge in [0.2, 0.25) is 0 Å². The highest BCUT2D eigenvalue weighted by molar-refractivity contribution is 5.45. The molecule has 3 aromatic rings. The average molecular weight is 355 g/mol. The number of nitrogens with zero attached hydrogens (tertiary/aromatic N) is 4. The van der Waals surface area contributed by atoms with Gasteiger partial charge in [0.05, 0.1) is 0 Å². The SMILES string of the molecule is CC(C)C.Cc1cc(NCc2ccc(C3CC3)c(F)c2)n2ncnc2n1. The molecule has 5 nitrogen and oxygen atoms in total. The van der Waals surface area contributed by atoms with Crippen molar-refractivity contribution in [1.82, 2.24) is 19.6 Å². The maximum atomic E-state index is 14.1. The van der Waals surface area contributed by atoms with E-state index in [1.807, 2.05) is 25.1 Å². The van der Waals surface area contributed by atoms with Gasteiger partial charge in [-0.15, -0.1) is 0 Å². The molecule has 6 heteroatoms. The monoisotopic (exact) mass is 355 g/mol. The molecule has 0 amide bonds. The van der Waals surface area contributed by atoms with Crippen LogP contribution in [0.1, 0.15) is 56.4 Å². The smallest absolute Gasteiger partial charge is 0.254 e. The number of aromatic nitrogens is 4. The van der Waals surface area contributed by atoms with Crippen molar-refractivity contribution in [2.24, 2.45) is 5.92 Å². The minimum Gasteiger partial charge on any atom is -0.366 e. The molecule has 26 heavy (non-hydrogen) atoms. The van der Waals surface area contributed by atoms with E-state index in [-0.39, 0.29) is 5.82 Å². The first-order chi connectivity index (χ1) is 12.4. The van der Waals surface area contributed by atoms with Gasteiger partial charge in [0.15, 0.2) is 0 Å². The molecule has 4 rings (SSSR count). The van der Waals surface area contributed by atoms with Crippen LogP contribution >= 0.6 is 0 Å². The van der Waals surface area contributed by atoms with Gasteiger partial charge in [0.25, 0.3) is 5.78 Å². The van der Waals surface area contributed by atoms with Crippen molar-refractivity contribution in [3.05, 3.63) is 53.2 Å². The number of halogens is 1. The lowest BCUT2D eigenvalue weighted by Gasteiger charge is -2.10. The van der Waals surface area contributed by atoms with Gasteiger partial charge in [-0.05, 0) is 48.8 Å². The van der Waals surface area contributed by atoms with Crippen LogP contribution in [0.25, 0.3) is 5.78 Å². The molecule has 1 aromatic carbocycles. The van der Waals surface area contributed by atoms with Gasteiger partial charge in [-0.2, -0.15) is 14.6 Å². The van der Waals surface area contributed by atoms with Gasteiger partial charge < -0.3 is 5.32 Å². The third-order valence-electron chi connectivity index (χ3n) is 3.94. The molecule has 2 heterocycles. The molecule has 1 saturated carbocycles. The highest BCUT2D eigenvalue weighted by atomic mass is 19.1. The number of fused-ring (bicyclic) bond motifs is 1. The number of hydrogen-bond donors (Lipinski definition) is 1. The van der Waals surface area contributed by atoms with E-state index in [1.165, 1.54) is 6.33 Å². The average Bonchev–Trinajstić information content (AvgIpc) is 3.29. The summed E-state index contributed by atoms with van der Waals surface area (Å²) in [5, 5.41) is 7.42. The third kappa shape index (κ3) is 4.56. The Morgan fingerprint density at radius 2 is 1.96 bits per heavy atom. The second-order valence-electron chi connectivity index (χ2n) is 7.47. The zero-order valence-corrected chi connectivity index (χ0v) is 15.8.